The zero-order chi connectivity index (χ0) is 13.0. The largest absolute Gasteiger partial charge is 0.444 e. The van der Waals surface area contributed by atoms with Crippen molar-refractivity contribution >= 4 is 27.7 Å². The summed E-state index contributed by atoms with van der Waals surface area (Å²) in [6.45, 7) is 2.03. The molecule has 98 valence electrons. The quantitative estimate of drug-likeness (QED) is 0.921. The van der Waals surface area contributed by atoms with Crippen LogP contribution < -0.4 is 5.32 Å². The molecule has 2 amide bonds. The predicted molar refractivity (Wildman–Crippen MR) is 69.2 cm³/mol. The van der Waals surface area contributed by atoms with Crippen LogP contribution in [0.1, 0.15) is 29.8 Å². The molecule has 1 aliphatic heterocycles. The highest BCUT2D eigenvalue weighted by Gasteiger charge is 2.17. The van der Waals surface area contributed by atoms with Crippen LogP contribution in [0.5, 0.6) is 0 Å². The van der Waals surface area contributed by atoms with Gasteiger partial charge in [0.15, 0.2) is 10.4 Å². The van der Waals surface area contributed by atoms with Gasteiger partial charge >= 0.3 is 0 Å². The van der Waals surface area contributed by atoms with Crippen molar-refractivity contribution in [2.45, 2.75) is 19.3 Å². The van der Waals surface area contributed by atoms with Crippen LogP contribution in [0.2, 0.25) is 0 Å². The lowest BCUT2D eigenvalue weighted by Gasteiger charge is -2.14. The summed E-state index contributed by atoms with van der Waals surface area (Å²) in [7, 11) is 0. The summed E-state index contributed by atoms with van der Waals surface area (Å²) in [4.78, 5) is 25.2. The zero-order valence-electron chi connectivity index (χ0n) is 9.95. The molecule has 0 saturated carbocycles. The van der Waals surface area contributed by atoms with Crippen LogP contribution in [-0.4, -0.2) is 36.3 Å². The number of nitrogens with one attached hydrogen (secondary N) is 1. The fourth-order valence-electron chi connectivity index (χ4n) is 1.93. The number of likely N-dealkylation sites (tertiary alicyclic amines) is 1. The molecule has 1 saturated heterocycles. The van der Waals surface area contributed by atoms with Gasteiger partial charge < -0.3 is 14.6 Å². The van der Waals surface area contributed by atoms with Crippen LogP contribution in [0, 0.1) is 0 Å². The van der Waals surface area contributed by atoms with Crippen LogP contribution >= 0.6 is 15.9 Å². The third-order valence-corrected chi connectivity index (χ3v) is 3.31. The van der Waals surface area contributed by atoms with E-state index in [-0.39, 0.29) is 17.6 Å². The van der Waals surface area contributed by atoms with Crippen LogP contribution in [-0.2, 0) is 4.79 Å². The van der Waals surface area contributed by atoms with E-state index in [9.17, 15) is 9.59 Å². The Morgan fingerprint density at radius 2 is 2.06 bits per heavy atom. The third-order valence-electron chi connectivity index (χ3n) is 2.88. The minimum atomic E-state index is -0.296. The SMILES string of the molecule is O=C(NCCC(=O)N1CCCC1)c1ccc(Br)o1. The first-order chi connectivity index (χ1) is 8.66. The van der Waals surface area contributed by atoms with Crippen LogP contribution in [0.3, 0.4) is 0 Å². The van der Waals surface area contributed by atoms with Gasteiger partial charge in [-0.1, -0.05) is 0 Å². The van der Waals surface area contributed by atoms with E-state index in [2.05, 4.69) is 21.2 Å². The summed E-state index contributed by atoms with van der Waals surface area (Å²) in [6.07, 6.45) is 2.50. The van der Waals surface area contributed by atoms with Crippen molar-refractivity contribution in [1.82, 2.24) is 10.2 Å². The van der Waals surface area contributed by atoms with E-state index in [1.165, 1.54) is 0 Å². The number of halogens is 1. The molecule has 5 nitrogen and oxygen atoms in total. The highest BCUT2D eigenvalue weighted by Crippen LogP contribution is 2.13. The Morgan fingerprint density at radius 1 is 1.33 bits per heavy atom. The van der Waals surface area contributed by atoms with Gasteiger partial charge in [-0.15, -0.1) is 0 Å². The van der Waals surface area contributed by atoms with Gasteiger partial charge in [-0.05, 0) is 40.9 Å². The number of hydrogen-bond acceptors (Lipinski definition) is 3. The first-order valence-corrected chi connectivity index (χ1v) is 6.77. The minimum Gasteiger partial charge on any atom is -0.444 e. The fraction of sp³-hybridized carbons (Fsp3) is 0.500. The number of rotatable bonds is 4. The van der Waals surface area contributed by atoms with Gasteiger partial charge in [0.25, 0.3) is 5.91 Å². The Hall–Kier alpha value is -1.30. The van der Waals surface area contributed by atoms with Gasteiger partial charge in [0, 0.05) is 26.1 Å². The Balaban J connectivity index is 1.71. The van der Waals surface area contributed by atoms with Crippen molar-refractivity contribution < 1.29 is 14.0 Å². The number of carbonyl (C=O) groups is 2. The molecule has 0 radical (unpaired) electrons. The number of hydrogen-bond donors (Lipinski definition) is 1. The molecule has 0 unspecified atom stereocenters. The molecule has 1 aromatic rings. The average molecular weight is 315 g/mol. The van der Waals surface area contributed by atoms with Gasteiger partial charge in [0.2, 0.25) is 5.91 Å². The molecule has 0 aliphatic carbocycles. The molecule has 1 fully saturated rings. The molecule has 6 heteroatoms. The van der Waals surface area contributed by atoms with Crippen LogP contribution in [0.25, 0.3) is 0 Å². The van der Waals surface area contributed by atoms with Crippen molar-refractivity contribution in [2.24, 2.45) is 0 Å². The highest BCUT2D eigenvalue weighted by molar-refractivity contribution is 9.10. The zero-order valence-corrected chi connectivity index (χ0v) is 11.5. The smallest absolute Gasteiger partial charge is 0.287 e. The molecular formula is C12H15BrN2O3. The molecule has 0 spiro atoms. The van der Waals surface area contributed by atoms with E-state index >= 15 is 0 Å². The molecule has 2 rings (SSSR count). The van der Waals surface area contributed by atoms with E-state index in [0.717, 1.165) is 25.9 Å². The molecule has 2 heterocycles. The number of carbonyl (C=O) groups excluding carboxylic acids is 2. The number of nitrogens with zero attached hydrogens (tertiary/aromatic N) is 1. The van der Waals surface area contributed by atoms with Gasteiger partial charge in [0.1, 0.15) is 0 Å². The minimum absolute atomic E-state index is 0.105. The van der Waals surface area contributed by atoms with E-state index in [1.807, 2.05) is 4.90 Å². The first-order valence-electron chi connectivity index (χ1n) is 5.98. The van der Waals surface area contributed by atoms with Crippen molar-refractivity contribution in [3.8, 4) is 0 Å². The maximum absolute atomic E-state index is 11.7. The second kappa shape index (κ2) is 6.04. The van der Waals surface area contributed by atoms with Crippen molar-refractivity contribution in [3.05, 3.63) is 22.6 Å². The maximum Gasteiger partial charge on any atom is 0.287 e. The third kappa shape index (κ3) is 3.35. The Labute approximate surface area is 114 Å². The Morgan fingerprint density at radius 3 is 2.67 bits per heavy atom. The molecular weight excluding hydrogens is 300 g/mol. The molecule has 0 aromatic carbocycles. The van der Waals surface area contributed by atoms with E-state index in [1.54, 1.807) is 12.1 Å². The first kappa shape index (κ1) is 13.1. The normalized spacial score (nSPS) is 14.8. The maximum atomic E-state index is 11.7. The van der Waals surface area contributed by atoms with Gasteiger partial charge in [0.05, 0.1) is 0 Å². The van der Waals surface area contributed by atoms with E-state index in [0.29, 0.717) is 17.6 Å². The van der Waals surface area contributed by atoms with E-state index in [4.69, 9.17) is 4.42 Å². The van der Waals surface area contributed by atoms with Gasteiger partial charge in [-0.3, -0.25) is 9.59 Å². The topological polar surface area (TPSA) is 62.6 Å². The monoisotopic (exact) mass is 314 g/mol. The molecule has 1 N–H and O–H groups in total. The van der Waals surface area contributed by atoms with Crippen LogP contribution in [0.4, 0.5) is 0 Å². The van der Waals surface area contributed by atoms with Gasteiger partial charge in [-0.25, -0.2) is 0 Å². The summed E-state index contributed by atoms with van der Waals surface area (Å²) in [5.74, 6) is 0.0545. The highest BCUT2D eigenvalue weighted by atomic mass is 79.9. The summed E-state index contributed by atoms with van der Waals surface area (Å²) in [5, 5.41) is 2.67. The Bertz CT molecular complexity index is 438. The number of furan rings is 1. The van der Waals surface area contributed by atoms with Crippen molar-refractivity contribution in [2.75, 3.05) is 19.6 Å². The van der Waals surface area contributed by atoms with E-state index < -0.39 is 0 Å². The molecule has 18 heavy (non-hydrogen) atoms. The summed E-state index contributed by atoms with van der Waals surface area (Å²) < 4.78 is 5.63. The second-order valence-electron chi connectivity index (χ2n) is 4.20. The average Bonchev–Trinajstić information content (AvgIpc) is 2.99. The van der Waals surface area contributed by atoms with Crippen LogP contribution in [0.15, 0.2) is 21.2 Å². The standard InChI is InChI=1S/C12H15BrN2O3/c13-10-4-3-9(18-10)12(17)14-6-5-11(16)15-7-1-2-8-15/h3-4H,1-2,5-8H2,(H,14,17). The Kier molecular flexibility index (Phi) is 4.41. The molecule has 1 aliphatic rings. The number of amides is 2. The lowest BCUT2D eigenvalue weighted by atomic mass is 10.3. The fourth-order valence-corrected chi connectivity index (χ4v) is 2.24. The second-order valence-corrected chi connectivity index (χ2v) is 4.98. The molecule has 0 atom stereocenters. The lowest BCUT2D eigenvalue weighted by Crippen LogP contribution is -2.32. The van der Waals surface area contributed by atoms with Gasteiger partial charge in [-0.2, -0.15) is 0 Å². The summed E-state index contributed by atoms with van der Waals surface area (Å²) >= 11 is 3.13. The predicted octanol–water partition coefficient (Wildman–Crippen LogP) is 1.78. The van der Waals surface area contributed by atoms with Crippen molar-refractivity contribution in [1.29, 1.82) is 0 Å². The molecule has 0 bridgehead atoms. The summed E-state index contributed by atoms with van der Waals surface area (Å²) in [6, 6.07) is 3.24. The molecule has 1 aromatic heterocycles. The van der Waals surface area contributed by atoms with Crippen molar-refractivity contribution in [3.63, 3.8) is 0 Å². The summed E-state index contributed by atoms with van der Waals surface area (Å²) in [5.41, 5.74) is 0. The lowest BCUT2D eigenvalue weighted by molar-refractivity contribution is -0.129.